The Hall–Kier alpha value is -13.7. The second-order valence-electron chi connectivity index (χ2n) is 28.1. The van der Waals surface area contributed by atoms with Crippen molar-refractivity contribution in [1.82, 2.24) is 19.9 Å². The Kier molecular flexibility index (Phi) is 14.1. The SMILES string of the molecule is C1=CC2c3ccccc3C3(c4ccccc4Oc4ccc(-c5ccccc5-c5nc(-c6ccccc6)cc(-c6cccc(-c7cccc8c7-c7ccccc7C87c8ccccc8Oc8ccc(-c9ccccc9-c9nc(-c%10ccccc%10)cc(-c%10ccccc%10-c%10ccccc%10)n9)cc87)c6)n5)cc43)C2C=C1. The van der Waals surface area contributed by atoms with Crippen LogP contribution in [0, 0.1) is 5.92 Å². The number of benzene rings is 14. The van der Waals surface area contributed by atoms with E-state index in [-0.39, 0.29) is 11.8 Å². The first kappa shape index (κ1) is 61.0. The van der Waals surface area contributed by atoms with Crippen molar-refractivity contribution in [3.63, 3.8) is 0 Å². The minimum Gasteiger partial charge on any atom is -0.457 e. The molecule has 0 fully saturated rings. The molecule has 2 spiro atoms. The van der Waals surface area contributed by atoms with Gasteiger partial charge in [0, 0.05) is 67.5 Å². The standard InChI is InChI=1S/C100H64N4O2/c1-4-28-63(29-5-1)70-36-10-13-41-76(70)91-62-89(65-32-8-3-9-33-65)102-98(104-91)78-43-15-12-38-72(78)68-55-57-95-87(60-68)100(84-50-23-25-53-93(84)106-95)82-48-21-18-44-79(82)96-73(45-27-51-85(96)100)66-34-26-35-69(58-66)90-61-88(64-30-6-2-7-31-64)101-97(103-90)77-42-14-11-37-71(77)67-54-56-94-86(59-67)99(83-49-22-24-52-92(83)105-94)80-46-19-16-39-74(80)75-40-17-20-47-81(75)99/h1-62,74,80H. The first-order chi connectivity index (χ1) is 52.5. The molecule has 4 heterocycles. The number of aromatic nitrogens is 4. The molecule has 5 aliphatic rings. The molecule has 4 unspecified atom stereocenters. The summed E-state index contributed by atoms with van der Waals surface area (Å²) in [6, 6.07) is 126. The van der Waals surface area contributed by atoms with Crippen LogP contribution in [0.4, 0.5) is 0 Å². The number of ether oxygens (including phenoxy) is 2. The van der Waals surface area contributed by atoms with Gasteiger partial charge in [-0.25, -0.2) is 19.9 Å². The number of para-hydroxylation sites is 2. The van der Waals surface area contributed by atoms with Gasteiger partial charge in [-0.2, -0.15) is 0 Å². The fraction of sp³-hybridized carbons (Fsp3) is 0.0400. The Morgan fingerprint density at radius 3 is 1.31 bits per heavy atom. The molecule has 2 aliphatic heterocycles. The Morgan fingerprint density at radius 2 is 0.651 bits per heavy atom. The van der Waals surface area contributed by atoms with E-state index in [9.17, 15) is 0 Å². The fourth-order valence-corrected chi connectivity index (χ4v) is 18.1. The summed E-state index contributed by atoms with van der Waals surface area (Å²) in [7, 11) is 0. The molecule has 3 aliphatic carbocycles. The van der Waals surface area contributed by atoms with Gasteiger partial charge in [-0.3, -0.25) is 0 Å². The molecule has 496 valence electrons. The van der Waals surface area contributed by atoms with Crippen molar-refractivity contribution in [2.45, 2.75) is 16.7 Å². The number of hydrogen-bond donors (Lipinski definition) is 0. The molecule has 106 heavy (non-hydrogen) atoms. The van der Waals surface area contributed by atoms with Crippen LogP contribution in [0.3, 0.4) is 0 Å². The van der Waals surface area contributed by atoms with Crippen molar-refractivity contribution in [2.75, 3.05) is 0 Å². The molecule has 21 rings (SSSR count). The molecule has 0 amide bonds. The molecule has 0 N–H and O–H groups in total. The topological polar surface area (TPSA) is 70.0 Å². The first-order valence-electron chi connectivity index (χ1n) is 36.4. The van der Waals surface area contributed by atoms with Crippen LogP contribution >= 0.6 is 0 Å². The van der Waals surface area contributed by atoms with Crippen LogP contribution in [0.25, 0.3) is 123 Å². The molecule has 0 saturated heterocycles. The smallest absolute Gasteiger partial charge is 0.161 e. The molecule has 0 bridgehead atoms. The van der Waals surface area contributed by atoms with Gasteiger partial charge in [0.05, 0.1) is 33.6 Å². The summed E-state index contributed by atoms with van der Waals surface area (Å²) in [6.07, 6.45) is 9.24. The summed E-state index contributed by atoms with van der Waals surface area (Å²) in [4.78, 5) is 22.1. The highest BCUT2D eigenvalue weighted by Gasteiger charge is 2.57. The fourth-order valence-electron chi connectivity index (χ4n) is 18.1. The number of allylic oxidation sites excluding steroid dienone is 4. The largest absolute Gasteiger partial charge is 0.457 e. The zero-order valence-corrected chi connectivity index (χ0v) is 57.6. The summed E-state index contributed by atoms with van der Waals surface area (Å²) < 4.78 is 14.0. The maximum Gasteiger partial charge on any atom is 0.161 e. The lowest BCUT2D eigenvalue weighted by atomic mass is 9.61. The van der Waals surface area contributed by atoms with E-state index in [0.717, 1.165) is 140 Å². The van der Waals surface area contributed by atoms with E-state index in [0.29, 0.717) is 11.6 Å². The molecule has 6 heteroatoms. The van der Waals surface area contributed by atoms with Crippen molar-refractivity contribution in [2.24, 2.45) is 5.92 Å². The van der Waals surface area contributed by atoms with Crippen LogP contribution in [0.2, 0.25) is 0 Å². The van der Waals surface area contributed by atoms with Crippen LogP contribution in [0.5, 0.6) is 23.0 Å². The molecule has 16 aromatic rings. The number of fused-ring (bicyclic) bond motifs is 18. The van der Waals surface area contributed by atoms with E-state index in [1.807, 2.05) is 6.07 Å². The van der Waals surface area contributed by atoms with E-state index >= 15 is 0 Å². The molecule has 4 atom stereocenters. The Morgan fingerprint density at radius 1 is 0.236 bits per heavy atom. The molecule has 14 aromatic carbocycles. The maximum atomic E-state index is 7.11. The molecular formula is C100H64N4O2. The number of nitrogens with zero attached hydrogens (tertiary/aromatic N) is 4. The van der Waals surface area contributed by atoms with Crippen LogP contribution in [-0.2, 0) is 10.8 Å². The van der Waals surface area contributed by atoms with Crippen LogP contribution < -0.4 is 9.47 Å². The van der Waals surface area contributed by atoms with Crippen molar-refractivity contribution in [3.8, 4) is 146 Å². The zero-order chi connectivity index (χ0) is 69.9. The summed E-state index contributed by atoms with van der Waals surface area (Å²) >= 11 is 0. The highest BCUT2D eigenvalue weighted by Crippen LogP contribution is 2.67. The Balaban J connectivity index is 0.699. The third kappa shape index (κ3) is 9.44. The predicted octanol–water partition coefficient (Wildman–Crippen LogP) is 24.7. The van der Waals surface area contributed by atoms with Gasteiger partial charge in [0.25, 0.3) is 0 Å². The minimum absolute atomic E-state index is 0.136. The van der Waals surface area contributed by atoms with Crippen molar-refractivity contribution >= 4 is 0 Å². The molecule has 0 saturated carbocycles. The van der Waals surface area contributed by atoms with Crippen LogP contribution in [0.15, 0.2) is 376 Å². The summed E-state index contributed by atoms with van der Waals surface area (Å²) in [5.41, 5.74) is 28.3. The third-order valence-electron chi connectivity index (χ3n) is 22.6. The van der Waals surface area contributed by atoms with E-state index in [1.165, 1.54) is 38.9 Å². The van der Waals surface area contributed by atoms with E-state index in [1.54, 1.807) is 0 Å². The lowest BCUT2D eigenvalue weighted by Crippen LogP contribution is -2.37. The Bertz CT molecular complexity index is 6320. The monoisotopic (exact) mass is 1350 g/mol. The Labute approximate surface area is 615 Å². The second-order valence-corrected chi connectivity index (χ2v) is 28.1. The zero-order valence-electron chi connectivity index (χ0n) is 57.6. The maximum absolute atomic E-state index is 7.11. The minimum atomic E-state index is -0.795. The summed E-state index contributed by atoms with van der Waals surface area (Å²) in [6.45, 7) is 0. The number of hydrogen-bond acceptors (Lipinski definition) is 6. The van der Waals surface area contributed by atoms with Crippen LogP contribution in [0.1, 0.15) is 50.4 Å². The van der Waals surface area contributed by atoms with Gasteiger partial charge < -0.3 is 9.47 Å². The van der Waals surface area contributed by atoms with Gasteiger partial charge in [0.1, 0.15) is 23.0 Å². The van der Waals surface area contributed by atoms with Crippen molar-refractivity contribution in [1.29, 1.82) is 0 Å². The lowest BCUT2D eigenvalue weighted by molar-refractivity contribution is 0.374. The average Bonchev–Trinajstić information content (AvgIpc) is 1.50. The predicted molar refractivity (Wildman–Crippen MR) is 427 cm³/mol. The lowest BCUT2D eigenvalue weighted by Gasteiger charge is -2.43. The second kappa shape index (κ2) is 24.5. The normalized spacial score (nSPS) is 17.0. The first-order valence-corrected chi connectivity index (χ1v) is 36.4. The molecular weight excluding hydrogens is 1290 g/mol. The van der Waals surface area contributed by atoms with Gasteiger partial charge in [0.2, 0.25) is 0 Å². The van der Waals surface area contributed by atoms with E-state index < -0.39 is 10.8 Å². The van der Waals surface area contributed by atoms with Gasteiger partial charge in [-0.05, 0) is 132 Å². The third-order valence-corrected chi connectivity index (χ3v) is 22.6. The molecule has 6 nitrogen and oxygen atoms in total. The van der Waals surface area contributed by atoms with Gasteiger partial charge in [-0.1, -0.05) is 322 Å². The molecule has 2 aromatic heterocycles. The van der Waals surface area contributed by atoms with E-state index in [2.05, 4.69) is 370 Å². The van der Waals surface area contributed by atoms with Crippen LogP contribution in [-0.4, -0.2) is 19.9 Å². The van der Waals surface area contributed by atoms with Crippen molar-refractivity contribution < 1.29 is 9.47 Å². The highest BCUT2D eigenvalue weighted by atomic mass is 16.5. The average molecular weight is 1350 g/mol. The van der Waals surface area contributed by atoms with Gasteiger partial charge in [0.15, 0.2) is 11.6 Å². The van der Waals surface area contributed by atoms with Crippen molar-refractivity contribution in [3.05, 3.63) is 421 Å². The quantitative estimate of drug-likeness (QED) is 0.136. The highest BCUT2D eigenvalue weighted by molar-refractivity contribution is 5.98. The number of rotatable bonds is 10. The van der Waals surface area contributed by atoms with Gasteiger partial charge in [-0.15, -0.1) is 0 Å². The van der Waals surface area contributed by atoms with E-state index in [4.69, 9.17) is 29.4 Å². The molecule has 0 radical (unpaired) electrons. The summed E-state index contributed by atoms with van der Waals surface area (Å²) in [5, 5.41) is 0. The van der Waals surface area contributed by atoms with Gasteiger partial charge >= 0.3 is 0 Å². The summed E-state index contributed by atoms with van der Waals surface area (Å²) in [5.74, 6) is 5.01.